The molecule has 0 spiro atoms. The molecular formula is C8H6FNO2. The molecule has 1 aromatic rings. The highest BCUT2D eigenvalue weighted by Crippen LogP contribution is 2.28. The van der Waals surface area contributed by atoms with Gasteiger partial charge in [0.15, 0.2) is 6.23 Å². The first-order chi connectivity index (χ1) is 5.70. The maximum atomic E-state index is 13.0. The second-order valence-electron chi connectivity index (χ2n) is 2.53. The number of cyclic esters (lactones) is 1. The van der Waals surface area contributed by atoms with Crippen molar-refractivity contribution >= 4 is 5.97 Å². The van der Waals surface area contributed by atoms with E-state index >= 15 is 0 Å². The van der Waals surface area contributed by atoms with Crippen molar-refractivity contribution in [3.8, 4) is 0 Å². The van der Waals surface area contributed by atoms with Gasteiger partial charge < -0.3 is 4.74 Å². The van der Waals surface area contributed by atoms with Crippen LogP contribution in [0.5, 0.6) is 0 Å². The summed E-state index contributed by atoms with van der Waals surface area (Å²) in [4.78, 5) is 11.0. The third-order valence-corrected chi connectivity index (χ3v) is 1.79. The molecule has 0 radical (unpaired) electrons. The molecule has 1 aromatic carbocycles. The van der Waals surface area contributed by atoms with Gasteiger partial charge in [-0.15, -0.1) is 0 Å². The number of nitrogens with two attached hydrogens (primary N) is 1. The van der Waals surface area contributed by atoms with Crippen LogP contribution in [0, 0.1) is 5.82 Å². The summed E-state index contributed by atoms with van der Waals surface area (Å²) in [6.45, 7) is 0. The van der Waals surface area contributed by atoms with Crippen LogP contribution in [-0.2, 0) is 4.74 Å². The molecule has 0 saturated heterocycles. The summed E-state index contributed by atoms with van der Waals surface area (Å²) in [6, 6.07) is 4.20. The number of esters is 1. The van der Waals surface area contributed by atoms with Crippen molar-refractivity contribution in [3.63, 3.8) is 0 Å². The molecular weight excluding hydrogens is 161 g/mol. The number of carbonyl (C=O) groups excluding carboxylic acids is 1. The van der Waals surface area contributed by atoms with E-state index in [1.165, 1.54) is 18.2 Å². The minimum atomic E-state index is -0.950. The minimum absolute atomic E-state index is 0.155. The molecule has 1 aliphatic rings. The molecule has 0 amide bonds. The monoisotopic (exact) mass is 167 g/mol. The summed E-state index contributed by atoms with van der Waals surface area (Å²) in [5, 5.41) is 0. The average Bonchev–Trinajstić information content (AvgIpc) is 2.29. The van der Waals surface area contributed by atoms with E-state index in [-0.39, 0.29) is 11.1 Å². The van der Waals surface area contributed by atoms with Crippen LogP contribution < -0.4 is 5.73 Å². The molecule has 2 rings (SSSR count). The fraction of sp³-hybridized carbons (Fsp3) is 0.125. The highest BCUT2D eigenvalue weighted by atomic mass is 19.1. The van der Waals surface area contributed by atoms with Crippen molar-refractivity contribution in [2.24, 2.45) is 5.73 Å². The van der Waals surface area contributed by atoms with Crippen LogP contribution in [-0.4, -0.2) is 5.97 Å². The van der Waals surface area contributed by atoms with Gasteiger partial charge in [0.05, 0.1) is 11.1 Å². The summed E-state index contributed by atoms with van der Waals surface area (Å²) in [7, 11) is 0. The molecule has 1 atom stereocenters. The Balaban J connectivity index is 2.67. The number of halogens is 1. The number of carbonyl (C=O) groups is 1. The normalized spacial score (nSPS) is 20.5. The van der Waals surface area contributed by atoms with Gasteiger partial charge in [-0.1, -0.05) is 6.07 Å². The van der Waals surface area contributed by atoms with Gasteiger partial charge in [0.1, 0.15) is 5.82 Å². The smallest absolute Gasteiger partial charge is 0.340 e. The molecule has 3 nitrogen and oxygen atoms in total. The van der Waals surface area contributed by atoms with E-state index in [1.54, 1.807) is 0 Å². The molecule has 62 valence electrons. The fourth-order valence-electron chi connectivity index (χ4n) is 1.24. The van der Waals surface area contributed by atoms with Crippen molar-refractivity contribution in [3.05, 3.63) is 35.1 Å². The molecule has 0 saturated carbocycles. The number of hydrogen-bond acceptors (Lipinski definition) is 3. The minimum Gasteiger partial charge on any atom is -0.439 e. The maximum Gasteiger partial charge on any atom is 0.340 e. The Kier molecular flexibility index (Phi) is 1.38. The van der Waals surface area contributed by atoms with Gasteiger partial charge in [-0.2, -0.15) is 0 Å². The quantitative estimate of drug-likeness (QED) is 0.585. The Morgan fingerprint density at radius 2 is 2.25 bits per heavy atom. The highest BCUT2D eigenvalue weighted by molar-refractivity contribution is 5.93. The van der Waals surface area contributed by atoms with Gasteiger partial charge in [-0.05, 0) is 12.1 Å². The first kappa shape index (κ1) is 7.24. The maximum absolute atomic E-state index is 13.0. The number of fused-ring (bicyclic) bond motifs is 1. The summed E-state index contributed by atoms with van der Waals surface area (Å²) >= 11 is 0. The Labute approximate surface area is 67.9 Å². The zero-order valence-electron chi connectivity index (χ0n) is 6.08. The second kappa shape index (κ2) is 2.28. The predicted octanol–water partition coefficient (Wildman–Crippen LogP) is 0.953. The topological polar surface area (TPSA) is 52.3 Å². The van der Waals surface area contributed by atoms with Crippen LogP contribution in [0.3, 0.4) is 0 Å². The summed E-state index contributed by atoms with van der Waals surface area (Å²) < 4.78 is 17.6. The lowest BCUT2D eigenvalue weighted by atomic mass is 10.1. The fourth-order valence-corrected chi connectivity index (χ4v) is 1.24. The molecule has 12 heavy (non-hydrogen) atoms. The SMILES string of the molecule is NC1OC(=O)c2cccc(F)c21. The number of benzene rings is 1. The van der Waals surface area contributed by atoms with Gasteiger partial charge in [-0.25, -0.2) is 9.18 Å². The van der Waals surface area contributed by atoms with E-state index in [0.29, 0.717) is 0 Å². The van der Waals surface area contributed by atoms with E-state index in [4.69, 9.17) is 5.73 Å². The molecule has 0 aromatic heterocycles. The third kappa shape index (κ3) is 0.816. The molecule has 1 unspecified atom stereocenters. The zero-order valence-corrected chi connectivity index (χ0v) is 6.08. The lowest BCUT2D eigenvalue weighted by molar-refractivity contribution is 0.0396. The first-order valence-corrected chi connectivity index (χ1v) is 3.45. The first-order valence-electron chi connectivity index (χ1n) is 3.45. The predicted molar refractivity (Wildman–Crippen MR) is 38.7 cm³/mol. The number of rotatable bonds is 0. The van der Waals surface area contributed by atoms with Crippen LogP contribution in [0.1, 0.15) is 22.1 Å². The van der Waals surface area contributed by atoms with Crippen molar-refractivity contribution < 1.29 is 13.9 Å². The highest BCUT2D eigenvalue weighted by Gasteiger charge is 2.30. The van der Waals surface area contributed by atoms with Gasteiger partial charge >= 0.3 is 5.97 Å². The van der Waals surface area contributed by atoms with Crippen molar-refractivity contribution in [2.45, 2.75) is 6.23 Å². The Hall–Kier alpha value is -1.42. The van der Waals surface area contributed by atoms with Crippen molar-refractivity contribution in [1.29, 1.82) is 0 Å². The standard InChI is InChI=1S/C8H6FNO2/c9-5-3-1-2-4-6(5)7(10)12-8(4)11/h1-3,7H,10H2. The average molecular weight is 167 g/mol. The van der Waals surface area contributed by atoms with Gasteiger partial charge in [-0.3, -0.25) is 5.73 Å². The Morgan fingerprint density at radius 1 is 1.50 bits per heavy atom. The van der Waals surface area contributed by atoms with E-state index in [0.717, 1.165) is 0 Å². The van der Waals surface area contributed by atoms with Gasteiger partial charge in [0, 0.05) is 0 Å². The van der Waals surface area contributed by atoms with Gasteiger partial charge in [0.2, 0.25) is 0 Å². The Morgan fingerprint density at radius 3 is 2.92 bits per heavy atom. The molecule has 1 aliphatic heterocycles. The van der Waals surface area contributed by atoms with Crippen LogP contribution in [0.4, 0.5) is 4.39 Å². The molecule has 0 bridgehead atoms. The summed E-state index contributed by atoms with van der Waals surface area (Å²) in [6.07, 6.45) is -0.950. The van der Waals surface area contributed by atoms with Crippen LogP contribution in [0.25, 0.3) is 0 Å². The lowest BCUT2D eigenvalue weighted by Crippen LogP contribution is -2.10. The zero-order chi connectivity index (χ0) is 8.72. The molecule has 2 N–H and O–H groups in total. The van der Waals surface area contributed by atoms with Crippen LogP contribution in [0.15, 0.2) is 18.2 Å². The third-order valence-electron chi connectivity index (χ3n) is 1.79. The van der Waals surface area contributed by atoms with E-state index in [2.05, 4.69) is 4.74 Å². The molecule has 1 heterocycles. The van der Waals surface area contributed by atoms with Crippen LogP contribution >= 0.6 is 0 Å². The summed E-state index contributed by atoms with van der Waals surface area (Å²) in [5.74, 6) is -1.05. The van der Waals surface area contributed by atoms with Crippen LogP contribution in [0.2, 0.25) is 0 Å². The summed E-state index contributed by atoms with van der Waals surface area (Å²) in [5.41, 5.74) is 5.73. The lowest BCUT2D eigenvalue weighted by Gasteiger charge is -2.02. The number of hydrogen-bond donors (Lipinski definition) is 1. The van der Waals surface area contributed by atoms with E-state index < -0.39 is 18.0 Å². The van der Waals surface area contributed by atoms with E-state index in [1.807, 2.05) is 0 Å². The Bertz CT molecular complexity index is 351. The molecule has 0 aliphatic carbocycles. The van der Waals surface area contributed by atoms with Crippen molar-refractivity contribution in [1.82, 2.24) is 0 Å². The van der Waals surface area contributed by atoms with Gasteiger partial charge in [0.25, 0.3) is 0 Å². The largest absolute Gasteiger partial charge is 0.439 e. The number of ether oxygens (including phenoxy) is 1. The second-order valence-corrected chi connectivity index (χ2v) is 2.53. The van der Waals surface area contributed by atoms with Crippen molar-refractivity contribution in [2.75, 3.05) is 0 Å². The van der Waals surface area contributed by atoms with E-state index in [9.17, 15) is 9.18 Å². The molecule has 0 fully saturated rings. The molecule has 4 heteroatoms.